The van der Waals surface area contributed by atoms with Gasteiger partial charge < -0.3 is 10.6 Å². The molecular formula is C16H24N4O2S2. The Morgan fingerprint density at radius 1 is 1.50 bits per heavy atom. The fraction of sp³-hybridized carbons (Fsp3) is 0.562. The first kappa shape index (κ1) is 19.0. The molecule has 0 radical (unpaired) electrons. The molecule has 2 N–H and O–H groups in total. The second-order valence-electron chi connectivity index (χ2n) is 6.15. The van der Waals surface area contributed by atoms with Crippen molar-refractivity contribution in [2.24, 2.45) is 11.7 Å². The van der Waals surface area contributed by atoms with E-state index in [0.717, 1.165) is 6.42 Å². The van der Waals surface area contributed by atoms with E-state index in [1.165, 1.54) is 33.6 Å². The molecule has 1 unspecified atom stereocenters. The average molecular weight is 369 g/mol. The molecule has 1 amide bonds. The van der Waals surface area contributed by atoms with E-state index < -0.39 is 0 Å². The van der Waals surface area contributed by atoms with E-state index in [4.69, 9.17) is 5.73 Å². The highest BCUT2D eigenvalue weighted by atomic mass is 32.2. The molecule has 0 spiro atoms. The number of fused-ring (bicyclic) bond motifs is 1. The van der Waals surface area contributed by atoms with Crippen molar-refractivity contribution in [2.45, 2.75) is 32.1 Å². The van der Waals surface area contributed by atoms with E-state index in [2.05, 4.69) is 18.8 Å². The fourth-order valence-electron chi connectivity index (χ4n) is 2.12. The van der Waals surface area contributed by atoms with Crippen LogP contribution in [0, 0.1) is 5.92 Å². The number of rotatable bonds is 8. The first-order valence-corrected chi connectivity index (χ1v) is 9.95. The average Bonchev–Trinajstić information content (AvgIpc) is 3.01. The highest BCUT2D eigenvalue weighted by Crippen LogP contribution is 2.13. The van der Waals surface area contributed by atoms with Crippen LogP contribution in [0.25, 0.3) is 4.96 Å². The number of thioether (sulfide) groups is 1. The van der Waals surface area contributed by atoms with E-state index in [-0.39, 0.29) is 17.5 Å². The van der Waals surface area contributed by atoms with Crippen LogP contribution in [0.3, 0.4) is 0 Å². The van der Waals surface area contributed by atoms with Crippen LogP contribution in [0.4, 0.5) is 0 Å². The number of thiazole rings is 1. The molecule has 132 valence electrons. The Balaban J connectivity index is 1.80. The Kier molecular flexibility index (Phi) is 6.82. The van der Waals surface area contributed by atoms with Crippen molar-refractivity contribution in [1.29, 1.82) is 0 Å². The number of nitrogens with zero attached hydrogens (tertiary/aromatic N) is 3. The normalized spacial score (nSPS) is 12.7. The van der Waals surface area contributed by atoms with Gasteiger partial charge in [-0.25, -0.2) is 4.98 Å². The Bertz CT molecular complexity index is 741. The van der Waals surface area contributed by atoms with Gasteiger partial charge in [0.1, 0.15) is 0 Å². The lowest BCUT2D eigenvalue weighted by atomic mass is 10.0. The van der Waals surface area contributed by atoms with E-state index >= 15 is 0 Å². The summed E-state index contributed by atoms with van der Waals surface area (Å²) in [5, 5.41) is 1.83. The number of amides is 1. The first-order valence-electron chi connectivity index (χ1n) is 7.91. The number of hydrogen-bond donors (Lipinski definition) is 1. The van der Waals surface area contributed by atoms with Crippen molar-refractivity contribution < 1.29 is 4.79 Å². The Labute approximate surface area is 150 Å². The summed E-state index contributed by atoms with van der Waals surface area (Å²) in [7, 11) is 1.80. The molecule has 2 heterocycles. The molecule has 2 rings (SSSR count). The van der Waals surface area contributed by atoms with Crippen LogP contribution in [0.5, 0.6) is 0 Å². The van der Waals surface area contributed by atoms with E-state index in [0.29, 0.717) is 34.6 Å². The molecular weight excluding hydrogens is 344 g/mol. The lowest BCUT2D eigenvalue weighted by Gasteiger charge is -2.21. The van der Waals surface area contributed by atoms with Gasteiger partial charge in [-0.05, 0) is 12.3 Å². The van der Waals surface area contributed by atoms with Crippen LogP contribution in [-0.4, -0.2) is 45.6 Å². The summed E-state index contributed by atoms with van der Waals surface area (Å²) in [5.74, 6) is 1.42. The summed E-state index contributed by atoms with van der Waals surface area (Å²) in [6.07, 6.45) is 2.52. The van der Waals surface area contributed by atoms with E-state index in [9.17, 15) is 9.59 Å². The first-order chi connectivity index (χ1) is 11.4. The van der Waals surface area contributed by atoms with Gasteiger partial charge in [0.2, 0.25) is 5.91 Å². The maximum absolute atomic E-state index is 12.1. The van der Waals surface area contributed by atoms with Gasteiger partial charge in [-0.1, -0.05) is 13.8 Å². The van der Waals surface area contributed by atoms with Gasteiger partial charge in [-0.15, -0.1) is 23.1 Å². The summed E-state index contributed by atoms with van der Waals surface area (Å²) in [6, 6.07) is 1.64. The fourth-order valence-corrected chi connectivity index (χ4v) is 3.71. The molecule has 0 aromatic carbocycles. The van der Waals surface area contributed by atoms with Gasteiger partial charge in [0.25, 0.3) is 5.56 Å². The van der Waals surface area contributed by atoms with Crippen LogP contribution in [0.15, 0.2) is 22.4 Å². The standard InChI is InChI=1S/C16H24N4O2S2/c1-11(2)13(17)4-5-19(3)15(22)10-23-9-12-8-14(21)20-6-7-24-16(20)18-12/h6-8,11,13H,4-5,9-10,17H2,1-3H3. The van der Waals surface area contributed by atoms with Crippen LogP contribution in [-0.2, 0) is 10.5 Å². The predicted molar refractivity (Wildman–Crippen MR) is 101 cm³/mol. The second-order valence-corrected chi connectivity index (χ2v) is 8.00. The highest BCUT2D eigenvalue weighted by molar-refractivity contribution is 7.99. The van der Waals surface area contributed by atoms with Crippen molar-refractivity contribution in [3.63, 3.8) is 0 Å². The molecule has 2 aromatic heterocycles. The minimum Gasteiger partial charge on any atom is -0.345 e. The highest BCUT2D eigenvalue weighted by Gasteiger charge is 2.13. The maximum Gasteiger partial charge on any atom is 0.258 e. The molecule has 8 heteroatoms. The minimum absolute atomic E-state index is 0.0740. The molecule has 0 aliphatic heterocycles. The Morgan fingerprint density at radius 2 is 2.25 bits per heavy atom. The van der Waals surface area contributed by atoms with Crippen LogP contribution in [0.2, 0.25) is 0 Å². The molecule has 0 bridgehead atoms. The van der Waals surface area contributed by atoms with Crippen LogP contribution >= 0.6 is 23.1 Å². The molecule has 6 nitrogen and oxygen atoms in total. The molecule has 1 atom stereocenters. The third kappa shape index (κ3) is 5.06. The molecule has 2 aromatic rings. The van der Waals surface area contributed by atoms with Gasteiger partial charge in [-0.2, -0.15) is 0 Å². The summed E-state index contributed by atoms with van der Waals surface area (Å²) in [5.41, 5.74) is 6.64. The number of aromatic nitrogens is 2. The number of hydrogen-bond acceptors (Lipinski definition) is 6. The van der Waals surface area contributed by atoms with Gasteiger partial charge in [-0.3, -0.25) is 14.0 Å². The third-order valence-corrected chi connectivity index (χ3v) is 5.62. The molecule has 0 saturated heterocycles. The van der Waals surface area contributed by atoms with Crippen molar-refractivity contribution >= 4 is 34.0 Å². The van der Waals surface area contributed by atoms with Crippen LogP contribution in [0.1, 0.15) is 26.0 Å². The maximum atomic E-state index is 12.1. The van der Waals surface area contributed by atoms with Crippen molar-refractivity contribution in [3.05, 3.63) is 33.7 Å². The minimum atomic E-state index is -0.0806. The molecule has 0 aliphatic carbocycles. The summed E-state index contributed by atoms with van der Waals surface area (Å²) >= 11 is 2.90. The zero-order chi connectivity index (χ0) is 17.7. The molecule has 24 heavy (non-hydrogen) atoms. The van der Waals surface area contributed by atoms with Gasteiger partial charge in [0.15, 0.2) is 4.96 Å². The monoisotopic (exact) mass is 368 g/mol. The zero-order valence-electron chi connectivity index (χ0n) is 14.3. The van der Waals surface area contributed by atoms with Crippen molar-refractivity contribution in [1.82, 2.24) is 14.3 Å². The number of carbonyl (C=O) groups is 1. The Morgan fingerprint density at radius 3 is 2.96 bits per heavy atom. The SMILES string of the molecule is CC(C)C(N)CCN(C)C(=O)CSCc1cc(=O)n2ccsc2n1. The van der Waals surface area contributed by atoms with Gasteiger partial charge in [0, 0.05) is 43.0 Å². The van der Waals surface area contributed by atoms with Gasteiger partial charge >= 0.3 is 0 Å². The number of carbonyl (C=O) groups excluding carboxylic acids is 1. The lowest BCUT2D eigenvalue weighted by molar-refractivity contribution is -0.127. The second kappa shape index (κ2) is 8.64. The summed E-state index contributed by atoms with van der Waals surface area (Å²) in [4.78, 5) is 30.9. The van der Waals surface area contributed by atoms with Crippen molar-refractivity contribution in [2.75, 3.05) is 19.3 Å². The lowest BCUT2D eigenvalue weighted by Crippen LogP contribution is -2.35. The van der Waals surface area contributed by atoms with Crippen LogP contribution < -0.4 is 11.3 Å². The summed E-state index contributed by atoms with van der Waals surface area (Å²) < 4.78 is 1.52. The topological polar surface area (TPSA) is 80.7 Å². The quantitative estimate of drug-likeness (QED) is 0.769. The molecule has 0 fully saturated rings. The van der Waals surface area contributed by atoms with Crippen molar-refractivity contribution in [3.8, 4) is 0 Å². The Hall–Kier alpha value is -1.38. The predicted octanol–water partition coefficient (Wildman–Crippen LogP) is 1.82. The zero-order valence-corrected chi connectivity index (χ0v) is 15.9. The summed E-state index contributed by atoms with van der Waals surface area (Å²) in [6.45, 7) is 4.84. The third-order valence-electron chi connectivity index (χ3n) is 3.91. The van der Waals surface area contributed by atoms with Gasteiger partial charge in [0.05, 0.1) is 11.4 Å². The van der Waals surface area contributed by atoms with E-state index in [1.807, 2.05) is 5.38 Å². The smallest absolute Gasteiger partial charge is 0.258 e. The van der Waals surface area contributed by atoms with E-state index in [1.54, 1.807) is 18.1 Å². The molecule has 0 aliphatic rings. The largest absolute Gasteiger partial charge is 0.345 e. The number of nitrogens with two attached hydrogens (primary N) is 1. The molecule has 0 saturated carbocycles.